The molecule has 0 radical (unpaired) electrons. The molecule has 4 rings (SSSR count). The second kappa shape index (κ2) is 7.32. The molecule has 0 spiro atoms. The molecule has 0 bridgehead atoms. The van der Waals surface area contributed by atoms with Crippen molar-refractivity contribution in [2.24, 2.45) is 53.3 Å². The van der Waals surface area contributed by atoms with E-state index in [1.54, 1.807) is 51.4 Å². The topological polar surface area (TPSA) is 0 Å². The zero-order valence-electron chi connectivity index (χ0n) is 16.7. The molecule has 24 heavy (non-hydrogen) atoms. The zero-order chi connectivity index (χ0) is 16.7. The summed E-state index contributed by atoms with van der Waals surface area (Å²) >= 11 is 0. The van der Waals surface area contributed by atoms with Gasteiger partial charge in [0.1, 0.15) is 0 Å². The van der Waals surface area contributed by atoms with Crippen LogP contribution >= 0.6 is 0 Å². The van der Waals surface area contributed by atoms with Crippen LogP contribution in [0.25, 0.3) is 0 Å². The fraction of sp³-hybridized carbons (Fsp3) is 1.00. The largest absolute Gasteiger partial charge is 0.0651 e. The third kappa shape index (κ3) is 3.09. The van der Waals surface area contributed by atoms with Crippen molar-refractivity contribution in [1.29, 1.82) is 0 Å². The molecule has 0 nitrogen and oxygen atoms in total. The summed E-state index contributed by atoms with van der Waals surface area (Å²) in [6.45, 7) is 7.66. The average molecular weight is 331 g/mol. The van der Waals surface area contributed by atoms with Crippen molar-refractivity contribution in [2.75, 3.05) is 0 Å². The first-order valence-corrected chi connectivity index (χ1v) is 11.7. The molecular weight excluding hydrogens is 288 g/mol. The van der Waals surface area contributed by atoms with E-state index < -0.39 is 0 Å². The summed E-state index contributed by atoms with van der Waals surface area (Å²) in [4.78, 5) is 0. The monoisotopic (exact) mass is 330 g/mol. The van der Waals surface area contributed by atoms with E-state index in [-0.39, 0.29) is 0 Å². The summed E-state index contributed by atoms with van der Waals surface area (Å²) in [6.07, 6.45) is 18.6. The molecule has 4 aliphatic rings. The predicted octanol–water partition coefficient (Wildman–Crippen LogP) is 7.33. The van der Waals surface area contributed by atoms with Gasteiger partial charge < -0.3 is 0 Å². The van der Waals surface area contributed by atoms with Gasteiger partial charge in [-0.15, -0.1) is 0 Å². The lowest BCUT2D eigenvalue weighted by Crippen LogP contribution is -2.51. The van der Waals surface area contributed by atoms with Gasteiger partial charge in [-0.2, -0.15) is 0 Å². The van der Waals surface area contributed by atoms with Gasteiger partial charge >= 0.3 is 0 Å². The molecule has 138 valence electrons. The third-order valence-corrected chi connectivity index (χ3v) is 9.38. The molecule has 0 heterocycles. The molecule has 0 N–H and O–H groups in total. The lowest BCUT2D eigenvalue weighted by atomic mass is 9.47. The second-order valence-corrected chi connectivity index (χ2v) is 10.5. The molecule has 0 aromatic rings. The van der Waals surface area contributed by atoms with E-state index in [0.717, 1.165) is 53.3 Å². The number of rotatable bonds is 2. The summed E-state index contributed by atoms with van der Waals surface area (Å²) in [5, 5.41) is 0. The highest BCUT2D eigenvalue weighted by molar-refractivity contribution is 5.01. The Morgan fingerprint density at radius 2 is 1.42 bits per heavy atom. The molecule has 0 heteroatoms. The van der Waals surface area contributed by atoms with E-state index in [1.807, 2.05) is 0 Å². The number of hydrogen-bond donors (Lipinski definition) is 0. The Kier molecular flexibility index (Phi) is 5.31. The van der Waals surface area contributed by atoms with E-state index in [9.17, 15) is 0 Å². The lowest BCUT2D eigenvalue weighted by Gasteiger charge is -2.58. The van der Waals surface area contributed by atoms with Crippen molar-refractivity contribution in [3.63, 3.8) is 0 Å². The lowest BCUT2D eigenvalue weighted by molar-refractivity contribution is -0.0937. The smallest absolute Gasteiger partial charge is 0.0323 e. The highest BCUT2D eigenvalue weighted by Gasteiger charge is 2.52. The minimum Gasteiger partial charge on any atom is -0.0651 e. The van der Waals surface area contributed by atoms with Crippen LogP contribution in [-0.4, -0.2) is 0 Å². The SMILES string of the molecule is CC[C@H]1CCCC([C@H]2C3CCCC[C@H]3C(C)C3C[C@@H](C)CC[C@H]32)C1. The van der Waals surface area contributed by atoms with Crippen LogP contribution in [0.1, 0.15) is 97.8 Å². The van der Waals surface area contributed by atoms with Crippen molar-refractivity contribution >= 4 is 0 Å². The van der Waals surface area contributed by atoms with E-state index in [4.69, 9.17) is 0 Å². The van der Waals surface area contributed by atoms with Crippen LogP contribution in [-0.2, 0) is 0 Å². The number of fused-ring (bicyclic) bond motifs is 2. The van der Waals surface area contributed by atoms with Crippen LogP contribution in [0.3, 0.4) is 0 Å². The van der Waals surface area contributed by atoms with Crippen LogP contribution in [0, 0.1) is 53.3 Å². The third-order valence-electron chi connectivity index (χ3n) is 9.38. The van der Waals surface area contributed by atoms with Crippen molar-refractivity contribution < 1.29 is 0 Å². The van der Waals surface area contributed by atoms with E-state index in [2.05, 4.69) is 20.8 Å². The van der Waals surface area contributed by atoms with Crippen LogP contribution in [0.15, 0.2) is 0 Å². The molecule has 0 aliphatic heterocycles. The van der Waals surface area contributed by atoms with Gasteiger partial charge in [-0.25, -0.2) is 0 Å². The van der Waals surface area contributed by atoms with Crippen LogP contribution < -0.4 is 0 Å². The van der Waals surface area contributed by atoms with E-state index in [0.29, 0.717) is 0 Å². The Hall–Kier alpha value is 0. The van der Waals surface area contributed by atoms with E-state index >= 15 is 0 Å². The fourth-order valence-corrected chi connectivity index (χ4v) is 8.24. The first kappa shape index (κ1) is 17.4. The van der Waals surface area contributed by atoms with Gasteiger partial charge in [-0.3, -0.25) is 0 Å². The maximum Gasteiger partial charge on any atom is -0.0323 e. The van der Waals surface area contributed by atoms with Crippen LogP contribution in [0.2, 0.25) is 0 Å². The van der Waals surface area contributed by atoms with E-state index in [1.165, 1.54) is 25.7 Å². The Morgan fingerprint density at radius 3 is 2.21 bits per heavy atom. The average Bonchev–Trinajstić information content (AvgIpc) is 2.63. The molecule has 9 atom stereocenters. The van der Waals surface area contributed by atoms with Gasteiger partial charge in [0, 0.05) is 0 Å². The Bertz CT molecular complexity index is 412. The minimum absolute atomic E-state index is 1.00. The first-order valence-electron chi connectivity index (χ1n) is 11.7. The van der Waals surface area contributed by atoms with Gasteiger partial charge in [-0.05, 0) is 85.4 Å². The van der Waals surface area contributed by atoms with Gasteiger partial charge in [0.25, 0.3) is 0 Å². The predicted molar refractivity (Wildman–Crippen MR) is 104 cm³/mol. The summed E-state index contributed by atoms with van der Waals surface area (Å²) in [6, 6.07) is 0. The molecule has 0 saturated heterocycles. The fourth-order valence-electron chi connectivity index (χ4n) is 8.24. The minimum atomic E-state index is 1.00. The molecule has 4 unspecified atom stereocenters. The highest BCUT2D eigenvalue weighted by atomic mass is 14.6. The van der Waals surface area contributed by atoms with Crippen molar-refractivity contribution in [2.45, 2.75) is 97.8 Å². The Labute approximate surface area is 151 Å². The summed E-state index contributed by atoms with van der Waals surface area (Å²) < 4.78 is 0. The number of hydrogen-bond acceptors (Lipinski definition) is 0. The van der Waals surface area contributed by atoms with Crippen molar-refractivity contribution in [3.05, 3.63) is 0 Å². The van der Waals surface area contributed by atoms with Gasteiger partial charge in [-0.1, -0.05) is 65.7 Å². The standard InChI is InChI=1S/C24H42/c1-4-18-8-7-9-19(15-18)24-21-11-6-5-10-20(21)17(3)23-14-16(2)12-13-22(23)24/h16-24H,4-15H2,1-3H3/t16-,17?,18-,19?,20-,21?,22+,23?,24-/m0/s1. The molecule has 0 aromatic carbocycles. The normalized spacial score (nSPS) is 52.4. The summed E-state index contributed by atoms with van der Waals surface area (Å²) in [5.41, 5.74) is 0. The summed E-state index contributed by atoms with van der Waals surface area (Å²) in [5.74, 6) is 9.72. The van der Waals surface area contributed by atoms with Crippen LogP contribution in [0.4, 0.5) is 0 Å². The Morgan fingerprint density at radius 1 is 0.667 bits per heavy atom. The molecular formula is C24H42. The van der Waals surface area contributed by atoms with Gasteiger partial charge in [0.15, 0.2) is 0 Å². The van der Waals surface area contributed by atoms with Crippen molar-refractivity contribution in [1.82, 2.24) is 0 Å². The maximum atomic E-state index is 2.67. The quantitative estimate of drug-likeness (QED) is 0.497. The molecule has 0 aromatic heterocycles. The molecule has 4 saturated carbocycles. The van der Waals surface area contributed by atoms with Gasteiger partial charge in [0.05, 0.1) is 0 Å². The molecule has 4 aliphatic carbocycles. The molecule has 4 fully saturated rings. The van der Waals surface area contributed by atoms with Gasteiger partial charge in [0.2, 0.25) is 0 Å². The Balaban J connectivity index is 1.61. The van der Waals surface area contributed by atoms with Crippen LogP contribution in [0.5, 0.6) is 0 Å². The van der Waals surface area contributed by atoms with Crippen molar-refractivity contribution in [3.8, 4) is 0 Å². The highest BCUT2D eigenvalue weighted by Crippen LogP contribution is 2.60. The zero-order valence-corrected chi connectivity index (χ0v) is 16.7. The maximum absolute atomic E-state index is 2.67. The first-order chi connectivity index (χ1) is 11.7. The summed E-state index contributed by atoms with van der Waals surface area (Å²) in [7, 11) is 0. The molecule has 0 amide bonds. The second-order valence-electron chi connectivity index (χ2n) is 10.5.